The van der Waals surface area contributed by atoms with Gasteiger partial charge in [0, 0.05) is 24.0 Å². The average molecular weight is 296 g/mol. The van der Waals surface area contributed by atoms with Crippen molar-refractivity contribution in [3.05, 3.63) is 28.8 Å². The lowest BCUT2D eigenvalue weighted by atomic mass is 9.91. The molecule has 0 bridgehead atoms. The van der Waals surface area contributed by atoms with Crippen molar-refractivity contribution in [3.8, 4) is 5.75 Å². The molecule has 1 saturated carbocycles. The summed E-state index contributed by atoms with van der Waals surface area (Å²) in [6.45, 7) is 0.383. The number of carbonyl (C=O) groups is 1. The summed E-state index contributed by atoms with van der Waals surface area (Å²) in [5, 5.41) is 9.81. The first kappa shape index (κ1) is 13.7. The molecule has 4 nitrogen and oxygen atoms in total. The number of carbonyl (C=O) groups excluding carboxylic acids is 1. The van der Waals surface area contributed by atoms with E-state index < -0.39 is 6.10 Å². The van der Waals surface area contributed by atoms with E-state index in [9.17, 15) is 4.79 Å². The predicted molar refractivity (Wildman–Crippen MR) is 76.0 cm³/mol. The number of halogens is 1. The maximum absolute atomic E-state index is 12.6. The Hall–Kier alpha value is -1.26. The molecule has 5 heteroatoms. The molecular weight excluding hydrogens is 278 g/mol. The van der Waals surface area contributed by atoms with Crippen LogP contribution in [0.25, 0.3) is 0 Å². The molecule has 1 aromatic carbocycles. The van der Waals surface area contributed by atoms with Gasteiger partial charge in [-0.15, -0.1) is 0 Å². The average Bonchev–Trinajstić information content (AvgIpc) is 2.78. The normalized spacial score (nSPS) is 21.0. The summed E-state index contributed by atoms with van der Waals surface area (Å²) in [6.07, 6.45) is 3.29. The Labute approximate surface area is 123 Å². The quantitative estimate of drug-likeness (QED) is 0.924. The molecule has 1 N–H and O–H groups in total. The molecule has 1 heterocycles. The Morgan fingerprint density at radius 1 is 1.45 bits per heavy atom. The van der Waals surface area contributed by atoms with E-state index in [1.165, 1.54) is 0 Å². The van der Waals surface area contributed by atoms with E-state index in [-0.39, 0.29) is 18.6 Å². The van der Waals surface area contributed by atoms with Gasteiger partial charge in [0.1, 0.15) is 5.75 Å². The van der Waals surface area contributed by atoms with Crippen molar-refractivity contribution in [2.75, 3.05) is 13.2 Å². The van der Waals surface area contributed by atoms with Crippen LogP contribution in [0.5, 0.6) is 5.75 Å². The van der Waals surface area contributed by atoms with Crippen molar-refractivity contribution >= 4 is 17.5 Å². The third-order valence-electron chi connectivity index (χ3n) is 4.11. The van der Waals surface area contributed by atoms with Crippen molar-refractivity contribution in [1.29, 1.82) is 0 Å². The molecule has 0 radical (unpaired) electrons. The molecule has 1 atom stereocenters. The highest BCUT2D eigenvalue weighted by molar-refractivity contribution is 6.30. The lowest BCUT2D eigenvalue weighted by Gasteiger charge is -2.38. The summed E-state index contributed by atoms with van der Waals surface area (Å²) < 4.78 is 5.74. The molecule has 1 amide bonds. The van der Waals surface area contributed by atoms with Crippen LogP contribution in [0, 0.1) is 0 Å². The van der Waals surface area contributed by atoms with Crippen molar-refractivity contribution in [2.24, 2.45) is 0 Å². The van der Waals surface area contributed by atoms with Crippen molar-refractivity contribution in [3.63, 3.8) is 0 Å². The van der Waals surface area contributed by atoms with Crippen molar-refractivity contribution in [2.45, 2.75) is 37.8 Å². The van der Waals surface area contributed by atoms with Gasteiger partial charge in [0.15, 0.2) is 6.10 Å². The molecule has 3 rings (SSSR count). The fourth-order valence-electron chi connectivity index (χ4n) is 2.82. The number of aliphatic hydroxyl groups is 1. The second-order valence-electron chi connectivity index (χ2n) is 5.40. The van der Waals surface area contributed by atoms with Crippen LogP contribution in [0.3, 0.4) is 0 Å². The lowest BCUT2D eigenvalue weighted by molar-refractivity contribution is -0.142. The largest absolute Gasteiger partial charge is 0.480 e. The standard InChI is InChI=1S/C15H18ClNO3/c16-11-4-5-13-10(8-11)9-14(20-13)15(19)17(6-7-18)12-2-1-3-12/h4-5,8,12,14,18H,1-3,6-7,9H2. The Morgan fingerprint density at radius 2 is 2.25 bits per heavy atom. The van der Waals surface area contributed by atoms with E-state index >= 15 is 0 Å². The topological polar surface area (TPSA) is 49.8 Å². The third kappa shape index (κ3) is 2.50. The van der Waals surface area contributed by atoms with Crippen LogP contribution in [0.2, 0.25) is 5.02 Å². The monoisotopic (exact) mass is 295 g/mol. The van der Waals surface area contributed by atoms with E-state index in [0.29, 0.717) is 18.0 Å². The minimum absolute atomic E-state index is 0.00621. The molecule has 1 fully saturated rings. The molecule has 0 spiro atoms. The van der Waals surface area contributed by atoms with Crippen LogP contribution in [0.15, 0.2) is 18.2 Å². The number of aliphatic hydroxyl groups excluding tert-OH is 1. The summed E-state index contributed by atoms with van der Waals surface area (Å²) >= 11 is 5.96. The molecule has 1 aliphatic carbocycles. The molecule has 1 unspecified atom stereocenters. The molecule has 0 saturated heterocycles. The van der Waals surface area contributed by atoms with E-state index in [4.69, 9.17) is 21.4 Å². The Balaban J connectivity index is 1.72. The van der Waals surface area contributed by atoms with Crippen LogP contribution < -0.4 is 4.74 Å². The number of hydrogen-bond donors (Lipinski definition) is 1. The zero-order chi connectivity index (χ0) is 14.1. The summed E-state index contributed by atoms with van der Waals surface area (Å²) in [5.41, 5.74) is 0.980. The van der Waals surface area contributed by atoms with Gasteiger partial charge in [0.25, 0.3) is 5.91 Å². The first-order valence-corrected chi connectivity index (χ1v) is 7.43. The molecular formula is C15H18ClNO3. The summed E-state index contributed by atoms with van der Waals surface area (Å²) in [4.78, 5) is 14.4. The zero-order valence-corrected chi connectivity index (χ0v) is 12.0. The van der Waals surface area contributed by atoms with Gasteiger partial charge < -0.3 is 14.7 Å². The number of amides is 1. The van der Waals surface area contributed by atoms with Crippen LogP contribution in [-0.4, -0.2) is 41.2 Å². The van der Waals surface area contributed by atoms with Gasteiger partial charge in [-0.05, 0) is 43.0 Å². The maximum atomic E-state index is 12.6. The highest BCUT2D eigenvalue weighted by atomic mass is 35.5. The number of hydrogen-bond acceptors (Lipinski definition) is 3. The minimum Gasteiger partial charge on any atom is -0.480 e. The fourth-order valence-corrected chi connectivity index (χ4v) is 3.01. The van der Waals surface area contributed by atoms with Crippen LogP contribution >= 0.6 is 11.6 Å². The van der Waals surface area contributed by atoms with E-state index in [1.54, 1.807) is 11.0 Å². The zero-order valence-electron chi connectivity index (χ0n) is 11.2. The van der Waals surface area contributed by atoms with Gasteiger partial charge in [-0.3, -0.25) is 4.79 Å². The molecule has 0 aromatic heterocycles. The van der Waals surface area contributed by atoms with E-state index in [0.717, 1.165) is 30.6 Å². The second-order valence-corrected chi connectivity index (χ2v) is 5.84. The highest BCUT2D eigenvalue weighted by Crippen LogP contribution is 2.33. The van der Waals surface area contributed by atoms with E-state index in [2.05, 4.69) is 0 Å². The molecule has 20 heavy (non-hydrogen) atoms. The fraction of sp³-hybridized carbons (Fsp3) is 0.533. The smallest absolute Gasteiger partial charge is 0.264 e. The van der Waals surface area contributed by atoms with Gasteiger partial charge in [0.2, 0.25) is 0 Å². The summed E-state index contributed by atoms with van der Waals surface area (Å²) in [7, 11) is 0. The second kappa shape index (κ2) is 5.62. The summed E-state index contributed by atoms with van der Waals surface area (Å²) in [5.74, 6) is 0.724. The first-order chi connectivity index (χ1) is 9.69. The molecule has 2 aliphatic rings. The molecule has 1 aromatic rings. The third-order valence-corrected chi connectivity index (χ3v) is 4.35. The van der Waals surface area contributed by atoms with Gasteiger partial charge in [-0.1, -0.05) is 11.6 Å². The highest BCUT2D eigenvalue weighted by Gasteiger charge is 2.36. The first-order valence-electron chi connectivity index (χ1n) is 7.05. The SMILES string of the molecule is O=C(C1Cc2cc(Cl)ccc2O1)N(CCO)C1CCC1. The number of nitrogens with zero attached hydrogens (tertiary/aromatic N) is 1. The number of ether oxygens (including phenoxy) is 1. The van der Waals surface area contributed by atoms with Crippen molar-refractivity contribution < 1.29 is 14.6 Å². The number of benzene rings is 1. The Kier molecular flexibility index (Phi) is 3.85. The minimum atomic E-state index is -0.476. The lowest BCUT2D eigenvalue weighted by Crippen LogP contribution is -2.50. The van der Waals surface area contributed by atoms with Crippen LogP contribution in [-0.2, 0) is 11.2 Å². The van der Waals surface area contributed by atoms with Crippen LogP contribution in [0.1, 0.15) is 24.8 Å². The van der Waals surface area contributed by atoms with Crippen molar-refractivity contribution in [1.82, 2.24) is 4.90 Å². The van der Waals surface area contributed by atoms with Gasteiger partial charge >= 0.3 is 0 Å². The number of fused-ring (bicyclic) bond motifs is 1. The van der Waals surface area contributed by atoms with Crippen LogP contribution in [0.4, 0.5) is 0 Å². The molecule has 108 valence electrons. The predicted octanol–water partition coefficient (Wildman–Crippen LogP) is 2.02. The maximum Gasteiger partial charge on any atom is 0.264 e. The van der Waals surface area contributed by atoms with Gasteiger partial charge in [-0.25, -0.2) is 0 Å². The summed E-state index contributed by atoms with van der Waals surface area (Å²) in [6, 6.07) is 5.70. The molecule has 1 aliphatic heterocycles. The Morgan fingerprint density at radius 3 is 2.90 bits per heavy atom. The van der Waals surface area contributed by atoms with Gasteiger partial charge in [-0.2, -0.15) is 0 Å². The number of rotatable bonds is 4. The Bertz CT molecular complexity index is 516. The van der Waals surface area contributed by atoms with Gasteiger partial charge in [0.05, 0.1) is 6.61 Å². The van der Waals surface area contributed by atoms with E-state index in [1.807, 2.05) is 12.1 Å².